The van der Waals surface area contributed by atoms with Crippen molar-refractivity contribution in [1.82, 2.24) is 0 Å². The highest BCUT2D eigenvalue weighted by atomic mass is 16.5. The normalized spacial score (nSPS) is 10.4. The number of hydrogen-bond acceptors (Lipinski definition) is 5. The van der Waals surface area contributed by atoms with Gasteiger partial charge in [0.15, 0.2) is 5.78 Å². The first kappa shape index (κ1) is 19.1. The number of para-hydroxylation sites is 1. The number of benzene rings is 4. The molecule has 0 radical (unpaired) electrons. The van der Waals surface area contributed by atoms with Gasteiger partial charge in [-0.05, 0) is 78.9 Å². The van der Waals surface area contributed by atoms with Crippen LogP contribution in [0.3, 0.4) is 0 Å². The zero-order valence-corrected chi connectivity index (χ0v) is 16.1. The summed E-state index contributed by atoms with van der Waals surface area (Å²) in [5.74, 6) is 2.58. The predicted octanol–water partition coefficient (Wildman–Crippen LogP) is 5.67. The average molecular weight is 396 g/mol. The third-order valence-corrected chi connectivity index (χ3v) is 4.48. The van der Waals surface area contributed by atoms with Crippen molar-refractivity contribution in [2.75, 3.05) is 11.5 Å². The Morgan fingerprint density at radius 3 is 1.67 bits per heavy atom. The van der Waals surface area contributed by atoms with E-state index < -0.39 is 0 Å². The van der Waals surface area contributed by atoms with E-state index in [4.69, 9.17) is 20.9 Å². The second kappa shape index (κ2) is 8.41. The Morgan fingerprint density at radius 2 is 1.10 bits per heavy atom. The maximum atomic E-state index is 12.7. The van der Waals surface area contributed by atoms with Crippen LogP contribution < -0.4 is 20.9 Å². The molecule has 0 saturated carbocycles. The van der Waals surface area contributed by atoms with Crippen molar-refractivity contribution in [2.24, 2.45) is 0 Å². The van der Waals surface area contributed by atoms with Gasteiger partial charge in [0.2, 0.25) is 0 Å². The average Bonchev–Trinajstić information content (AvgIpc) is 2.77. The van der Waals surface area contributed by atoms with Crippen molar-refractivity contribution >= 4 is 17.2 Å². The number of ether oxygens (including phenoxy) is 2. The van der Waals surface area contributed by atoms with E-state index in [2.05, 4.69) is 0 Å². The Hall–Kier alpha value is -4.25. The number of carbonyl (C=O) groups is 1. The zero-order chi connectivity index (χ0) is 20.9. The van der Waals surface area contributed by atoms with E-state index in [1.54, 1.807) is 42.5 Å². The van der Waals surface area contributed by atoms with Gasteiger partial charge in [-0.15, -0.1) is 0 Å². The van der Waals surface area contributed by atoms with Crippen molar-refractivity contribution in [1.29, 1.82) is 0 Å². The van der Waals surface area contributed by atoms with Crippen LogP contribution in [0.2, 0.25) is 0 Å². The van der Waals surface area contributed by atoms with E-state index in [0.29, 0.717) is 39.8 Å². The van der Waals surface area contributed by atoms with Crippen molar-refractivity contribution in [3.63, 3.8) is 0 Å². The van der Waals surface area contributed by atoms with E-state index in [1.807, 2.05) is 54.6 Å². The second-order valence-electron chi connectivity index (χ2n) is 6.69. The van der Waals surface area contributed by atoms with Crippen LogP contribution in [0.1, 0.15) is 15.9 Å². The SMILES string of the molecule is Nc1ccc(N)c(C(=O)c2ccc(Oc3ccc(Oc4ccccc4)cc3)cc2)c1. The van der Waals surface area contributed by atoms with Crippen LogP contribution in [0.25, 0.3) is 0 Å². The minimum atomic E-state index is -0.186. The third kappa shape index (κ3) is 4.42. The smallest absolute Gasteiger partial charge is 0.195 e. The Labute approximate surface area is 174 Å². The first-order valence-corrected chi connectivity index (χ1v) is 9.39. The molecular weight excluding hydrogens is 376 g/mol. The van der Waals surface area contributed by atoms with Crippen LogP contribution in [-0.2, 0) is 0 Å². The summed E-state index contributed by atoms with van der Waals surface area (Å²) in [7, 11) is 0. The highest BCUT2D eigenvalue weighted by Gasteiger charge is 2.13. The van der Waals surface area contributed by atoms with Gasteiger partial charge in [-0.1, -0.05) is 18.2 Å². The molecule has 148 valence electrons. The molecule has 0 fully saturated rings. The fourth-order valence-electron chi connectivity index (χ4n) is 2.94. The van der Waals surface area contributed by atoms with Gasteiger partial charge in [0, 0.05) is 22.5 Å². The Kier molecular flexibility index (Phi) is 5.35. The number of ketones is 1. The molecule has 5 nitrogen and oxygen atoms in total. The van der Waals surface area contributed by atoms with Gasteiger partial charge >= 0.3 is 0 Å². The van der Waals surface area contributed by atoms with Crippen LogP contribution >= 0.6 is 0 Å². The zero-order valence-electron chi connectivity index (χ0n) is 16.1. The van der Waals surface area contributed by atoms with Crippen LogP contribution in [0.15, 0.2) is 97.1 Å². The molecule has 0 amide bonds. The van der Waals surface area contributed by atoms with E-state index in [-0.39, 0.29) is 5.78 Å². The first-order valence-electron chi connectivity index (χ1n) is 9.39. The topological polar surface area (TPSA) is 87.6 Å². The summed E-state index contributed by atoms with van der Waals surface area (Å²) in [6.45, 7) is 0. The van der Waals surface area contributed by atoms with Crippen LogP contribution in [0, 0.1) is 0 Å². The molecule has 0 aliphatic carbocycles. The molecule has 30 heavy (non-hydrogen) atoms. The maximum absolute atomic E-state index is 12.7. The summed E-state index contributed by atoms with van der Waals surface area (Å²) in [5, 5.41) is 0. The lowest BCUT2D eigenvalue weighted by Gasteiger charge is -2.09. The van der Waals surface area contributed by atoms with Gasteiger partial charge in [0.25, 0.3) is 0 Å². The molecule has 5 heteroatoms. The maximum Gasteiger partial charge on any atom is 0.195 e. The number of carbonyl (C=O) groups excluding carboxylic acids is 1. The summed E-state index contributed by atoms with van der Waals surface area (Å²) in [6.07, 6.45) is 0. The summed E-state index contributed by atoms with van der Waals surface area (Å²) in [5.41, 5.74) is 13.5. The molecule has 0 unspecified atom stereocenters. The van der Waals surface area contributed by atoms with Crippen molar-refractivity contribution in [3.8, 4) is 23.0 Å². The molecule has 0 spiro atoms. The van der Waals surface area contributed by atoms with Gasteiger partial charge in [-0.25, -0.2) is 0 Å². The van der Waals surface area contributed by atoms with Gasteiger partial charge in [-0.2, -0.15) is 0 Å². The van der Waals surface area contributed by atoms with Crippen LogP contribution in [-0.4, -0.2) is 5.78 Å². The standard InChI is InChI=1S/C25H20N2O3/c26-18-8-15-24(27)23(16-18)25(28)17-6-9-20(10-7-17)30-22-13-11-21(12-14-22)29-19-4-2-1-3-5-19/h1-16H,26-27H2. The molecule has 4 rings (SSSR count). The molecule has 0 aliphatic rings. The Bertz CT molecular complexity index is 1160. The van der Waals surface area contributed by atoms with E-state index in [9.17, 15) is 4.79 Å². The number of nitrogens with two attached hydrogens (primary N) is 2. The minimum absolute atomic E-state index is 0.186. The molecule has 0 aliphatic heterocycles. The lowest BCUT2D eigenvalue weighted by Crippen LogP contribution is -2.06. The molecule has 0 aromatic heterocycles. The van der Waals surface area contributed by atoms with Crippen LogP contribution in [0.5, 0.6) is 23.0 Å². The lowest BCUT2D eigenvalue weighted by molar-refractivity contribution is 0.103. The molecule has 4 aromatic carbocycles. The van der Waals surface area contributed by atoms with Gasteiger partial charge in [0.1, 0.15) is 23.0 Å². The molecule has 0 bridgehead atoms. The number of rotatable bonds is 6. The van der Waals surface area contributed by atoms with Crippen molar-refractivity contribution in [2.45, 2.75) is 0 Å². The van der Waals surface area contributed by atoms with E-state index in [0.717, 1.165) is 5.75 Å². The molecule has 4 N–H and O–H groups in total. The van der Waals surface area contributed by atoms with E-state index >= 15 is 0 Å². The summed E-state index contributed by atoms with van der Waals surface area (Å²) in [6, 6.07) is 28.6. The minimum Gasteiger partial charge on any atom is -0.457 e. The summed E-state index contributed by atoms with van der Waals surface area (Å²) >= 11 is 0. The summed E-state index contributed by atoms with van der Waals surface area (Å²) < 4.78 is 11.6. The highest BCUT2D eigenvalue weighted by molar-refractivity contribution is 6.12. The first-order chi connectivity index (χ1) is 14.6. The lowest BCUT2D eigenvalue weighted by atomic mass is 10.0. The van der Waals surface area contributed by atoms with Crippen molar-refractivity contribution < 1.29 is 14.3 Å². The van der Waals surface area contributed by atoms with E-state index in [1.165, 1.54) is 0 Å². The van der Waals surface area contributed by atoms with Gasteiger partial charge in [-0.3, -0.25) is 4.79 Å². The Balaban J connectivity index is 1.43. The van der Waals surface area contributed by atoms with Gasteiger partial charge < -0.3 is 20.9 Å². The Morgan fingerprint density at radius 1 is 0.600 bits per heavy atom. The van der Waals surface area contributed by atoms with Crippen molar-refractivity contribution in [3.05, 3.63) is 108 Å². The molecule has 0 heterocycles. The van der Waals surface area contributed by atoms with Gasteiger partial charge in [0.05, 0.1) is 0 Å². The number of nitrogen functional groups attached to an aromatic ring is 2. The summed E-state index contributed by atoms with van der Waals surface area (Å²) in [4.78, 5) is 12.7. The quantitative estimate of drug-likeness (QED) is 0.324. The molecule has 0 atom stereocenters. The highest BCUT2D eigenvalue weighted by Crippen LogP contribution is 2.27. The predicted molar refractivity (Wildman–Crippen MR) is 118 cm³/mol. The number of hydrogen-bond donors (Lipinski definition) is 2. The molecule has 4 aromatic rings. The molecular formula is C25H20N2O3. The monoisotopic (exact) mass is 396 g/mol. The fraction of sp³-hybridized carbons (Fsp3) is 0. The second-order valence-corrected chi connectivity index (χ2v) is 6.69. The number of anilines is 2. The third-order valence-electron chi connectivity index (χ3n) is 4.48. The fourth-order valence-corrected chi connectivity index (χ4v) is 2.94. The largest absolute Gasteiger partial charge is 0.457 e. The molecule has 0 saturated heterocycles. The van der Waals surface area contributed by atoms with Crippen LogP contribution in [0.4, 0.5) is 11.4 Å².